The zero-order chi connectivity index (χ0) is 14.7. The molecule has 5 heteroatoms. The van der Waals surface area contributed by atoms with Crippen molar-refractivity contribution in [3.8, 4) is 5.69 Å². The van der Waals surface area contributed by atoms with Crippen LogP contribution in [-0.4, -0.2) is 22.2 Å². The summed E-state index contributed by atoms with van der Waals surface area (Å²) in [4.78, 5) is 12.2. The van der Waals surface area contributed by atoms with Crippen LogP contribution in [0.5, 0.6) is 0 Å². The third-order valence-electron chi connectivity index (χ3n) is 4.29. The molecule has 1 fully saturated rings. The van der Waals surface area contributed by atoms with Gasteiger partial charge in [0.1, 0.15) is 0 Å². The summed E-state index contributed by atoms with van der Waals surface area (Å²) in [5.41, 5.74) is 7.41. The number of rotatable bonds is 5. The van der Waals surface area contributed by atoms with Crippen LogP contribution in [0.25, 0.3) is 5.69 Å². The van der Waals surface area contributed by atoms with Crippen molar-refractivity contribution in [2.45, 2.75) is 25.8 Å². The lowest BCUT2D eigenvalue weighted by atomic mass is 9.68. The van der Waals surface area contributed by atoms with Gasteiger partial charge in [-0.05, 0) is 25.0 Å². The van der Waals surface area contributed by atoms with Crippen molar-refractivity contribution in [3.05, 3.63) is 48.3 Å². The molecule has 1 aromatic heterocycles. The fourth-order valence-corrected chi connectivity index (χ4v) is 2.67. The van der Waals surface area contributed by atoms with Crippen molar-refractivity contribution in [3.63, 3.8) is 0 Å². The van der Waals surface area contributed by atoms with E-state index in [1.54, 1.807) is 6.20 Å². The number of amides is 1. The molecule has 0 unspecified atom stereocenters. The van der Waals surface area contributed by atoms with Gasteiger partial charge in [-0.2, -0.15) is 5.10 Å². The van der Waals surface area contributed by atoms with E-state index in [0.717, 1.165) is 30.5 Å². The number of para-hydroxylation sites is 1. The fourth-order valence-electron chi connectivity index (χ4n) is 2.67. The first-order chi connectivity index (χ1) is 10.2. The van der Waals surface area contributed by atoms with Gasteiger partial charge in [0.15, 0.2) is 0 Å². The first-order valence-electron chi connectivity index (χ1n) is 7.31. The SMILES string of the molecule is NCC1(C(=O)NCc2cnn(-c3ccccc3)c2)CCC1. The average molecular weight is 284 g/mol. The maximum atomic E-state index is 12.2. The smallest absolute Gasteiger partial charge is 0.227 e. The molecule has 1 amide bonds. The number of hydrogen-bond acceptors (Lipinski definition) is 3. The van der Waals surface area contributed by atoms with Gasteiger partial charge in [0, 0.05) is 24.8 Å². The van der Waals surface area contributed by atoms with Crippen molar-refractivity contribution < 1.29 is 4.79 Å². The predicted octanol–water partition coefficient (Wildman–Crippen LogP) is 1.62. The topological polar surface area (TPSA) is 72.9 Å². The average Bonchev–Trinajstić information content (AvgIpc) is 2.94. The first-order valence-corrected chi connectivity index (χ1v) is 7.31. The highest BCUT2D eigenvalue weighted by Gasteiger charge is 2.42. The molecule has 0 radical (unpaired) electrons. The molecule has 3 rings (SSSR count). The lowest BCUT2D eigenvalue weighted by Crippen LogP contribution is -2.50. The molecule has 1 aliphatic carbocycles. The third kappa shape index (κ3) is 2.69. The molecule has 0 aliphatic heterocycles. The standard InChI is InChI=1S/C16H20N4O/c17-12-16(7-4-8-16)15(21)18-9-13-10-19-20(11-13)14-5-2-1-3-6-14/h1-3,5-6,10-11H,4,7-9,12,17H2,(H,18,21). The number of nitrogens with two attached hydrogens (primary N) is 1. The molecule has 1 aromatic carbocycles. The Morgan fingerprint density at radius 1 is 1.33 bits per heavy atom. The van der Waals surface area contributed by atoms with Crippen LogP contribution in [0.1, 0.15) is 24.8 Å². The highest BCUT2D eigenvalue weighted by molar-refractivity contribution is 5.83. The van der Waals surface area contributed by atoms with Gasteiger partial charge >= 0.3 is 0 Å². The summed E-state index contributed by atoms with van der Waals surface area (Å²) in [6, 6.07) is 9.90. The molecule has 3 N–H and O–H groups in total. The number of carbonyl (C=O) groups excluding carboxylic acids is 1. The van der Waals surface area contributed by atoms with E-state index in [0.29, 0.717) is 13.1 Å². The van der Waals surface area contributed by atoms with E-state index in [2.05, 4.69) is 10.4 Å². The number of aromatic nitrogens is 2. The van der Waals surface area contributed by atoms with Gasteiger partial charge < -0.3 is 11.1 Å². The summed E-state index contributed by atoms with van der Waals surface area (Å²) in [5.74, 6) is 0.0729. The van der Waals surface area contributed by atoms with Gasteiger partial charge in [-0.1, -0.05) is 24.6 Å². The molecule has 110 valence electrons. The van der Waals surface area contributed by atoms with Crippen LogP contribution in [0.2, 0.25) is 0 Å². The second-order valence-electron chi connectivity index (χ2n) is 5.65. The van der Waals surface area contributed by atoms with E-state index in [1.807, 2.05) is 41.2 Å². The van der Waals surface area contributed by atoms with Crippen LogP contribution in [0.4, 0.5) is 0 Å². The minimum Gasteiger partial charge on any atom is -0.351 e. The normalized spacial score (nSPS) is 16.2. The second kappa shape index (κ2) is 5.69. The Morgan fingerprint density at radius 3 is 2.71 bits per heavy atom. The molecule has 1 saturated carbocycles. The van der Waals surface area contributed by atoms with Crippen LogP contribution in [0.15, 0.2) is 42.7 Å². The summed E-state index contributed by atoms with van der Waals surface area (Å²) in [7, 11) is 0. The Labute approximate surface area is 124 Å². The van der Waals surface area contributed by atoms with Gasteiger partial charge in [-0.3, -0.25) is 4.79 Å². The summed E-state index contributed by atoms with van der Waals surface area (Å²) < 4.78 is 1.81. The van der Waals surface area contributed by atoms with Crippen LogP contribution < -0.4 is 11.1 Å². The van der Waals surface area contributed by atoms with Crippen molar-refractivity contribution in [2.75, 3.05) is 6.54 Å². The van der Waals surface area contributed by atoms with Gasteiger partial charge in [-0.15, -0.1) is 0 Å². The minimum absolute atomic E-state index is 0.0729. The van der Waals surface area contributed by atoms with Gasteiger partial charge in [0.2, 0.25) is 5.91 Å². The summed E-state index contributed by atoms with van der Waals surface area (Å²) in [5, 5.41) is 7.31. The van der Waals surface area contributed by atoms with Crippen LogP contribution in [0.3, 0.4) is 0 Å². The first kappa shape index (κ1) is 13.8. The molecule has 0 bridgehead atoms. The Hall–Kier alpha value is -2.14. The highest BCUT2D eigenvalue weighted by Crippen LogP contribution is 2.40. The lowest BCUT2D eigenvalue weighted by Gasteiger charge is -2.39. The Kier molecular flexibility index (Phi) is 3.75. The van der Waals surface area contributed by atoms with Crippen molar-refractivity contribution >= 4 is 5.91 Å². The maximum Gasteiger partial charge on any atom is 0.227 e. The molecular formula is C16H20N4O. The molecule has 1 heterocycles. The van der Waals surface area contributed by atoms with Crippen molar-refractivity contribution in [1.29, 1.82) is 0 Å². The highest BCUT2D eigenvalue weighted by atomic mass is 16.2. The Bertz CT molecular complexity index is 611. The lowest BCUT2D eigenvalue weighted by molar-refractivity contribution is -0.135. The van der Waals surface area contributed by atoms with E-state index in [-0.39, 0.29) is 11.3 Å². The molecule has 0 atom stereocenters. The van der Waals surface area contributed by atoms with Crippen LogP contribution in [0, 0.1) is 5.41 Å². The molecule has 2 aromatic rings. The van der Waals surface area contributed by atoms with Gasteiger partial charge in [0.25, 0.3) is 0 Å². The van der Waals surface area contributed by atoms with Crippen molar-refractivity contribution in [2.24, 2.45) is 11.1 Å². The number of carbonyl (C=O) groups is 1. The van der Waals surface area contributed by atoms with Gasteiger partial charge in [-0.25, -0.2) is 4.68 Å². The van der Waals surface area contributed by atoms with E-state index in [9.17, 15) is 4.79 Å². The van der Waals surface area contributed by atoms with Crippen LogP contribution in [-0.2, 0) is 11.3 Å². The van der Waals surface area contributed by atoms with E-state index < -0.39 is 0 Å². The summed E-state index contributed by atoms with van der Waals surface area (Å²) in [6.07, 6.45) is 6.61. The third-order valence-corrected chi connectivity index (χ3v) is 4.29. The Morgan fingerprint density at radius 2 is 2.10 bits per heavy atom. The van der Waals surface area contributed by atoms with E-state index >= 15 is 0 Å². The monoisotopic (exact) mass is 284 g/mol. The number of benzene rings is 1. The Balaban J connectivity index is 1.62. The fraction of sp³-hybridized carbons (Fsp3) is 0.375. The van der Waals surface area contributed by atoms with Crippen LogP contribution >= 0.6 is 0 Å². The summed E-state index contributed by atoms with van der Waals surface area (Å²) >= 11 is 0. The number of nitrogens with zero attached hydrogens (tertiary/aromatic N) is 2. The number of nitrogens with one attached hydrogen (secondary N) is 1. The van der Waals surface area contributed by atoms with E-state index in [4.69, 9.17) is 5.73 Å². The molecular weight excluding hydrogens is 264 g/mol. The second-order valence-corrected chi connectivity index (χ2v) is 5.65. The quantitative estimate of drug-likeness (QED) is 0.876. The zero-order valence-electron chi connectivity index (χ0n) is 12.0. The predicted molar refractivity (Wildman–Crippen MR) is 80.7 cm³/mol. The van der Waals surface area contributed by atoms with E-state index in [1.165, 1.54) is 0 Å². The molecule has 0 spiro atoms. The maximum absolute atomic E-state index is 12.2. The number of hydrogen-bond donors (Lipinski definition) is 2. The zero-order valence-corrected chi connectivity index (χ0v) is 12.0. The van der Waals surface area contributed by atoms with Crippen molar-refractivity contribution in [1.82, 2.24) is 15.1 Å². The molecule has 21 heavy (non-hydrogen) atoms. The molecule has 0 saturated heterocycles. The summed E-state index contributed by atoms with van der Waals surface area (Å²) in [6.45, 7) is 0.926. The minimum atomic E-state index is -0.324. The van der Waals surface area contributed by atoms with Gasteiger partial charge in [0.05, 0.1) is 17.3 Å². The largest absolute Gasteiger partial charge is 0.351 e. The molecule has 1 aliphatic rings. The molecule has 5 nitrogen and oxygen atoms in total.